The second-order valence-corrected chi connectivity index (χ2v) is 4.82. The summed E-state index contributed by atoms with van der Waals surface area (Å²) in [6.45, 7) is 0. The molecule has 0 aliphatic carbocycles. The molecule has 0 amide bonds. The topological polar surface area (TPSA) is 43.6 Å². The maximum atomic E-state index is 5.88. The van der Waals surface area contributed by atoms with Crippen molar-refractivity contribution in [2.24, 2.45) is 0 Å². The van der Waals surface area contributed by atoms with Gasteiger partial charge in [0.2, 0.25) is 0 Å². The Morgan fingerprint density at radius 3 is 2.85 bits per heavy atom. The molecule has 0 N–H and O–H groups in total. The molecular weight excluding hydrogens is 272 g/mol. The van der Waals surface area contributed by atoms with Crippen LogP contribution < -0.4 is 0 Å². The molecule has 0 atom stereocenters. The Kier molecular flexibility index (Phi) is 2.44. The van der Waals surface area contributed by atoms with E-state index in [9.17, 15) is 0 Å². The van der Waals surface area contributed by atoms with Gasteiger partial charge in [0.15, 0.2) is 5.65 Å². The van der Waals surface area contributed by atoms with Crippen molar-refractivity contribution >= 4 is 33.7 Å². The van der Waals surface area contributed by atoms with Crippen molar-refractivity contribution < 1.29 is 0 Å². The van der Waals surface area contributed by atoms with Crippen LogP contribution in [0.25, 0.3) is 27.8 Å². The molecule has 1 aromatic carbocycles. The van der Waals surface area contributed by atoms with Gasteiger partial charge in [-0.25, -0.2) is 9.97 Å². The van der Waals surface area contributed by atoms with E-state index in [2.05, 4.69) is 15.0 Å². The summed E-state index contributed by atoms with van der Waals surface area (Å²) in [6, 6.07) is 11.9. The average molecular weight is 281 g/mol. The molecule has 4 aromatic rings. The molecule has 20 heavy (non-hydrogen) atoms. The van der Waals surface area contributed by atoms with Crippen molar-refractivity contribution in [1.29, 1.82) is 0 Å². The summed E-state index contributed by atoms with van der Waals surface area (Å²) in [7, 11) is 0. The van der Waals surface area contributed by atoms with Gasteiger partial charge in [-0.1, -0.05) is 17.7 Å². The number of rotatable bonds is 1. The molecule has 3 heterocycles. The van der Waals surface area contributed by atoms with Crippen molar-refractivity contribution in [1.82, 2.24) is 19.5 Å². The third-order valence-corrected chi connectivity index (χ3v) is 3.42. The zero-order chi connectivity index (χ0) is 13.5. The predicted molar refractivity (Wildman–Crippen MR) is 79.2 cm³/mol. The largest absolute Gasteiger partial charge is 0.299 e. The quantitative estimate of drug-likeness (QED) is 0.535. The van der Waals surface area contributed by atoms with Gasteiger partial charge in [0.25, 0.3) is 0 Å². The van der Waals surface area contributed by atoms with Crippen LogP contribution in [0.1, 0.15) is 0 Å². The minimum absolute atomic E-state index is 0.398. The normalized spacial score (nSPS) is 11.2. The number of aromatic nitrogens is 4. The van der Waals surface area contributed by atoms with Crippen LogP contribution in [0.2, 0.25) is 5.15 Å². The molecule has 0 fully saturated rings. The van der Waals surface area contributed by atoms with Gasteiger partial charge < -0.3 is 0 Å². The zero-order valence-corrected chi connectivity index (χ0v) is 11.1. The molecule has 0 saturated carbocycles. The fourth-order valence-electron chi connectivity index (χ4n) is 2.38. The summed E-state index contributed by atoms with van der Waals surface area (Å²) in [5.41, 5.74) is 3.54. The first-order valence-corrected chi connectivity index (χ1v) is 6.54. The van der Waals surface area contributed by atoms with Gasteiger partial charge in [-0.15, -0.1) is 0 Å². The van der Waals surface area contributed by atoms with Gasteiger partial charge in [0.05, 0.1) is 17.4 Å². The number of pyridine rings is 1. The van der Waals surface area contributed by atoms with Gasteiger partial charge in [0, 0.05) is 17.8 Å². The molecule has 0 saturated heterocycles. The lowest BCUT2D eigenvalue weighted by molar-refractivity contribution is 1.10. The van der Waals surface area contributed by atoms with Gasteiger partial charge in [-0.05, 0) is 30.3 Å². The standard InChI is InChI=1S/C15H9ClN4/c16-14-9-18-15-12(19-14)6-8-20(15)13-5-1-4-11-10(13)3-2-7-17-11/h1-9H. The molecule has 3 aromatic heterocycles. The Morgan fingerprint density at radius 1 is 0.950 bits per heavy atom. The van der Waals surface area contributed by atoms with Crippen LogP contribution in [0.3, 0.4) is 0 Å². The molecule has 5 heteroatoms. The molecule has 4 rings (SSSR count). The van der Waals surface area contributed by atoms with Crippen LogP contribution in [-0.4, -0.2) is 19.5 Å². The van der Waals surface area contributed by atoms with E-state index < -0.39 is 0 Å². The Morgan fingerprint density at radius 2 is 1.90 bits per heavy atom. The van der Waals surface area contributed by atoms with Gasteiger partial charge >= 0.3 is 0 Å². The summed E-state index contributed by atoms with van der Waals surface area (Å²) in [5, 5.41) is 1.47. The average Bonchev–Trinajstić information content (AvgIpc) is 2.89. The Hall–Kier alpha value is -2.46. The van der Waals surface area contributed by atoms with Gasteiger partial charge in [-0.3, -0.25) is 9.55 Å². The number of nitrogens with zero attached hydrogens (tertiary/aromatic N) is 4. The summed E-state index contributed by atoms with van der Waals surface area (Å²) in [6.07, 6.45) is 5.30. The lowest BCUT2D eigenvalue weighted by atomic mass is 10.2. The maximum absolute atomic E-state index is 5.88. The van der Waals surface area contributed by atoms with E-state index >= 15 is 0 Å². The number of halogens is 1. The Bertz CT molecular complexity index is 924. The van der Waals surface area contributed by atoms with E-state index in [1.54, 1.807) is 12.4 Å². The van der Waals surface area contributed by atoms with Crippen molar-refractivity contribution in [2.75, 3.05) is 0 Å². The molecule has 0 radical (unpaired) electrons. The Labute approximate surface area is 119 Å². The van der Waals surface area contributed by atoms with Crippen LogP contribution in [-0.2, 0) is 0 Å². The zero-order valence-electron chi connectivity index (χ0n) is 10.4. The van der Waals surface area contributed by atoms with Crippen molar-refractivity contribution in [3.63, 3.8) is 0 Å². The third-order valence-electron chi connectivity index (χ3n) is 3.24. The maximum Gasteiger partial charge on any atom is 0.163 e. The van der Waals surface area contributed by atoms with Crippen LogP contribution in [0.15, 0.2) is 55.0 Å². The summed E-state index contributed by atoms with van der Waals surface area (Å²) >= 11 is 5.88. The summed E-state index contributed by atoms with van der Waals surface area (Å²) < 4.78 is 2.00. The first-order valence-electron chi connectivity index (χ1n) is 6.17. The van der Waals surface area contributed by atoms with Crippen LogP contribution >= 0.6 is 11.6 Å². The van der Waals surface area contributed by atoms with Crippen molar-refractivity contribution in [2.45, 2.75) is 0 Å². The van der Waals surface area contributed by atoms with Crippen LogP contribution in [0, 0.1) is 0 Å². The highest BCUT2D eigenvalue weighted by atomic mass is 35.5. The van der Waals surface area contributed by atoms with Crippen LogP contribution in [0.4, 0.5) is 0 Å². The van der Waals surface area contributed by atoms with E-state index in [-0.39, 0.29) is 0 Å². The SMILES string of the molecule is Clc1cnc2c(ccn2-c2cccc3ncccc23)n1. The molecule has 0 bridgehead atoms. The summed E-state index contributed by atoms with van der Waals surface area (Å²) in [5.74, 6) is 0. The predicted octanol–water partition coefficient (Wildman–Crippen LogP) is 3.62. The highest BCUT2D eigenvalue weighted by molar-refractivity contribution is 6.29. The molecule has 96 valence electrons. The second kappa shape index (κ2) is 4.28. The minimum Gasteiger partial charge on any atom is -0.299 e. The van der Waals surface area contributed by atoms with E-state index in [1.807, 2.05) is 47.2 Å². The first-order chi connectivity index (χ1) is 9.83. The molecule has 0 unspecified atom stereocenters. The van der Waals surface area contributed by atoms with E-state index in [1.165, 1.54) is 0 Å². The number of hydrogen-bond acceptors (Lipinski definition) is 3. The third kappa shape index (κ3) is 1.66. The molecule has 0 aliphatic rings. The Balaban J connectivity index is 2.06. The molecule has 0 spiro atoms. The van der Waals surface area contributed by atoms with Crippen LogP contribution in [0.5, 0.6) is 0 Å². The minimum atomic E-state index is 0.398. The fraction of sp³-hybridized carbons (Fsp3) is 0. The highest BCUT2D eigenvalue weighted by Crippen LogP contribution is 2.24. The molecular formula is C15H9ClN4. The monoisotopic (exact) mass is 280 g/mol. The second-order valence-electron chi connectivity index (χ2n) is 4.43. The molecule has 0 aliphatic heterocycles. The number of benzene rings is 1. The fourth-order valence-corrected chi connectivity index (χ4v) is 2.52. The van der Waals surface area contributed by atoms with E-state index in [4.69, 9.17) is 11.6 Å². The highest BCUT2D eigenvalue weighted by Gasteiger charge is 2.09. The van der Waals surface area contributed by atoms with E-state index in [0.29, 0.717) is 5.15 Å². The lowest BCUT2D eigenvalue weighted by Crippen LogP contribution is -1.96. The smallest absolute Gasteiger partial charge is 0.163 e. The lowest BCUT2D eigenvalue weighted by Gasteiger charge is -2.08. The van der Waals surface area contributed by atoms with Gasteiger partial charge in [-0.2, -0.15) is 0 Å². The van der Waals surface area contributed by atoms with Crippen molar-refractivity contribution in [3.05, 3.63) is 60.1 Å². The van der Waals surface area contributed by atoms with Crippen molar-refractivity contribution in [3.8, 4) is 5.69 Å². The van der Waals surface area contributed by atoms with E-state index in [0.717, 1.165) is 27.8 Å². The van der Waals surface area contributed by atoms with Gasteiger partial charge in [0.1, 0.15) is 10.7 Å². The number of fused-ring (bicyclic) bond motifs is 2. The summed E-state index contributed by atoms with van der Waals surface area (Å²) in [4.78, 5) is 13.0. The number of hydrogen-bond donors (Lipinski definition) is 0. The molecule has 4 nitrogen and oxygen atoms in total. The first kappa shape index (κ1) is 11.4.